The molecule has 0 aliphatic heterocycles. The highest BCUT2D eigenvalue weighted by Gasteiger charge is 1.97. The minimum atomic E-state index is 0.708. The number of nitrogens with zero attached hydrogens (tertiary/aromatic N) is 1. The lowest BCUT2D eigenvalue weighted by Crippen LogP contribution is -2.15. The van der Waals surface area contributed by atoms with Crippen LogP contribution in [0, 0.1) is 0 Å². The Morgan fingerprint density at radius 3 is 3.11 bits per heavy atom. The second kappa shape index (κ2) is 7.59. The molecular weight excluding hydrogens is 238 g/mol. The van der Waals surface area contributed by atoms with Crippen LogP contribution in [0.5, 0.6) is 5.75 Å². The van der Waals surface area contributed by atoms with Gasteiger partial charge < -0.3 is 15.0 Å². The molecule has 0 radical (unpaired) electrons. The molecule has 0 saturated carbocycles. The molecule has 0 aliphatic rings. The summed E-state index contributed by atoms with van der Waals surface area (Å²) in [6, 6.07) is 8.22. The quantitative estimate of drug-likeness (QED) is 0.716. The molecule has 0 fully saturated rings. The number of benzene rings is 1. The third-order valence-electron chi connectivity index (χ3n) is 2.86. The van der Waals surface area contributed by atoms with E-state index in [0.717, 1.165) is 37.5 Å². The van der Waals surface area contributed by atoms with Crippen LogP contribution in [0.1, 0.15) is 24.7 Å². The fraction of sp³-hybridized carbons (Fsp3) is 0.400. The number of aromatic nitrogens is 2. The summed E-state index contributed by atoms with van der Waals surface area (Å²) in [5.74, 6) is 2.00. The van der Waals surface area contributed by atoms with Gasteiger partial charge in [0.1, 0.15) is 11.6 Å². The maximum absolute atomic E-state index is 5.48. The molecule has 0 spiro atoms. The summed E-state index contributed by atoms with van der Waals surface area (Å²) in [7, 11) is 0. The van der Waals surface area contributed by atoms with Crippen LogP contribution in [-0.2, 0) is 13.0 Å². The van der Waals surface area contributed by atoms with Crippen LogP contribution in [-0.4, -0.2) is 23.1 Å². The van der Waals surface area contributed by atoms with Crippen LogP contribution in [0.25, 0.3) is 0 Å². The van der Waals surface area contributed by atoms with Gasteiger partial charge in [-0.05, 0) is 37.6 Å². The summed E-state index contributed by atoms with van der Waals surface area (Å²) in [5.41, 5.74) is 1.25. The van der Waals surface area contributed by atoms with Crippen LogP contribution in [0.15, 0.2) is 36.7 Å². The van der Waals surface area contributed by atoms with Crippen LogP contribution in [0.2, 0.25) is 0 Å². The highest BCUT2D eigenvalue weighted by molar-refractivity contribution is 5.28. The summed E-state index contributed by atoms with van der Waals surface area (Å²) in [5, 5.41) is 3.44. The van der Waals surface area contributed by atoms with E-state index in [0.29, 0.717) is 6.61 Å². The minimum Gasteiger partial charge on any atom is -0.494 e. The first-order chi connectivity index (χ1) is 9.38. The van der Waals surface area contributed by atoms with Crippen LogP contribution < -0.4 is 10.1 Å². The predicted octanol–water partition coefficient (Wildman–Crippen LogP) is 2.53. The molecule has 0 saturated heterocycles. The van der Waals surface area contributed by atoms with Crippen LogP contribution in [0.3, 0.4) is 0 Å². The lowest BCUT2D eigenvalue weighted by molar-refractivity contribution is 0.340. The van der Waals surface area contributed by atoms with Crippen LogP contribution >= 0.6 is 0 Å². The Hall–Kier alpha value is -1.81. The van der Waals surface area contributed by atoms with E-state index < -0.39 is 0 Å². The Bertz CT molecular complexity index is 468. The van der Waals surface area contributed by atoms with E-state index in [-0.39, 0.29) is 0 Å². The lowest BCUT2D eigenvalue weighted by Gasteiger charge is -2.07. The molecule has 2 rings (SSSR count). The molecule has 0 atom stereocenters. The van der Waals surface area contributed by atoms with Gasteiger partial charge in [-0.3, -0.25) is 0 Å². The zero-order chi connectivity index (χ0) is 13.3. The molecule has 0 aliphatic carbocycles. The summed E-state index contributed by atoms with van der Waals surface area (Å²) in [6.07, 6.45) is 5.72. The van der Waals surface area contributed by atoms with Gasteiger partial charge in [-0.1, -0.05) is 12.1 Å². The van der Waals surface area contributed by atoms with Crippen molar-refractivity contribution in [1.82, 2.24) is 15.3 Å². The topological polar surface area (TPSA) is 49.9 Å². The van der Waals surface area contributed by atoms with E-state index in [2.05, 4.69) is 27.4 Å². The first-order valence-electron chi connectivity index (χ1n) is 6.79. The third kappa shape index (κ3) is 4.75. The van der Waals surface area contributed by atoms with Gasteiger partial charge in [0.25, 0.3) is 0 Å². The fourth-order valence-corrected chi connectivity index (χ4v) is 1.96. The average Bonchev–Trinajstić information content (AvgIpc) is 2.92. The van der Waals surface area contributed by atoms with Gasteiger partial charge in [0.05, 0.1) is 6.61 Å². The molecule has 2 aromatic rings. The van der Waals surface area contributed by atoms with Crippen molar-refractivity contribution in [2.75, 3.05) is 13.2 Å². The number of rotatable bonds is 8. The molecule has 1 heterocycles. The highest BCUT2D eigenvalue weighted by atomic mass is 16.5. The van der Waals surface area contributed by atoms with Crippen molar-refractivity contribution in [3.63, 3.8) is 0 Å². The summed E-state index contributed by atoms with van der Waals surface area (Å²) < 4.78 is 5.48. The Balaban J connectivity index is 1.66. The van der Waals surface area contributed by atoms with E-state index in [1.165, 1.54) is 5.56 Å². The van der Waals surface area contributed by atoms with Gasteiger partial charge in [0, 0.05) is 25.4 Å². The third-order valence-corrected chi connectivity index (χ3v) is 2.86. The number of ether oxygens (including phenoxy) is 1. The number of aryl methyl sites for hydroxylation is 1. The van der Waals surface area contributed by atoms with Crippen molar-refractivity contribution in [3.8, 4) is 5.75 Å². The largest absolute Gasteiger partial charge is 0.494 e. The maximum atomic E-state index is 5.48. The Morgan fingerprint density at radius 1 is 1.37 bits per heavy atom. The van der Waals surface area contributed by atoms with E-state index in [9.17, 15) is 0 Å². The van der Waals surface area contributed by atoms with Crippen molar-refractivity contribution in [3.05, 3.63) is 48.0 Å². The Labute approximate surface area is 114 Å². The van der Waals surface area contributed by atoms with Gasteiger partial charge in [-0.15, -0.1) is 0 Å². The number of hydrogen-bond acceptors (Lipinski definition) is 3. The van der Waals surface area contributed by atoms with Gasteiger partial charge in [0.15, 0.2) is 0 Å². The number of aromatic amines is 1. The summed E-state index contributed by atoms with van der Waals surface area (Å²) in [4.78, 5) is 7.32. The first-order valence-corrected chi connectivity index (χ1v) is 6.79. The van der Waals surface area contributed by atoms with Crippen molar-refractivity contribution in [2.24, 2.45) is 0 Å². The van der Waals surface area contributed by atoms with Gasteiger partial charge in [0.2, 0.25) is 0 Å². The monoisotopic (exact) mass is 259 g/mol. The van der Waals surface area contributed by atoms with Gasteiger partial charge in [-0.2, -0.15) is 0 Å². The SMILES string of the molecule is CCOc1cccc(CNCCCc2ncc[nH]2)c1. The van der Waals surface area contributed by atoms with E-state index in [4.69, 9.17) is 4.74 Å². The maximum Gasteiger partial charge on any atom is 0.119 e. The minimum absolute atomic E-state index is 0.708. The van der Waals surface area contributed by atoms with Crippen LogP contribution in [0.4, 0.5) is 0 Å². The van der Waals surface area contributed by atoms with Gasteiger partial charge in [-0.25, -0.2) is 4.98 Å². The molecule has 1 aromatic heterocycles. The lowest BCUT2D eigenvalue weighted by atomic mass is 10.2. The Morgan fingerprint density at radius 2 is 2.32 bits per heavy atom. The normalized spacial score (nSPS) is 10.6. The van der Waals surface area contributed by atoms with Crippen molar-refractivity contribution in [2.45, 2.75) is 26.3 Å². The zero-order valence-electron chi connectivity index (χ0n) is 11.4. The van der Waals surface area contributed by atoms with E-state index >= 15 is 0 Å². The smallest absolute Gasteiger partial charge is 0.119 e. The number of H-pyrrole nitrogens is 1. The van der Waals surface area contributed by atoms with Crippen molar-refractivity contribution >= 4 is 0 Å². The van der Waals surface area contributed by atoms with E-state index in [1.807, 2.05) is 25.3 Å². The molecule has 2 N–H and O–H groups in total. The second-order valence-electron chi connectivity index (χ2n) is 4.40. The van der Waals surface area contributed by atoms with Crippen molar-refractivity contribution < 1.29 is 4.74 Å². The standard InChI is InChI=1S/C15H21N3O/c1-2-19-14-6-3-5-13(11-14)12-16-8-4-7-15-17-9-10-18-15/h3,5-6,9-11,16H,2,4,7-8,12H2,1H3,(H,17,18). The van der Waals surface area contributed by atoms with Gasteiger partial charge >= 0.3 is 0 Å². The molecular formula is C15H21N3O. The number of nitrogens with one attached hydrogen (secondary N) is 2. The molecule has 4 heteroatoms. The number of imidazole rings is 1. The molecule has 19 heavy (non-hydrogen) atoms. The number of hydrogen-bond donors (Lipinski definition) is 2. The molecule has 0 bridgehead atoms. The zero-order valence-corrected chi connectivity index (χ0v) is 11.4. The average molecular weight is 259 g/mol. The Kier molecular flexibility index (Phi) is 5.44. The first kappa shape index (κ1) is 13.6. The fourth-order valence-electron chi connectivity index (χ4n) is 1.96. The summed E-state index contributed by atoms with van der Waals surface area (Å²) >= 11 is 0. The molecule has 1 aromatic carbocycles. The predicted molar refractivity (Wildman–Crippen MR) is 76.2 cm³/mol. The van der Waals surface area contributed by atoms with E-state index in [1.54, 1.807) is 6.20 Å². The van der Waals surface area contributed by atoms with Crippen molar-refractivity contribution in [1.29, 1.82) is 0 Å². The molecule has 102 valence electrons. The molecule has 0 unspecified atom stereocenters. The molecule has 0 amide bonds. The second-order valence-corrected chi connectivity index (χ2v) is 4.40. The molecule has 4 nitrogen and oxygen atoms in total. The highest BCUT2D eigenvalue weighted by Crippen LogP contribution is 2.12. The summed E-state index contributed by atoms with van der Waals surface area (Å²) in [6.45, 7) is 4.57.